The first-order chi connectivity index (χ1) is 10.2. The summed E-state index contributed by atoms with van der Waals surface area (Å²) in [5, 5.41) is 11.8. The number of esters is 1. The Morgan fingerprint density at radius 2 is 2.19 bits per heavy atom. The molecule has 108 valence electrons. The summed E-state index contributed by atoms with van der Waals surface area (Å²) in [5.74, 6) is -0.322. The van der Waals surface area contributed by atoms with Gasteiger partial charge in [0.2, 0.25) is 0 Å². The van der Waals surface area contributed by atoms with Crippen molar-refractivity contribution in [2.75, 3.05) is 7.11 Å². The van der Waals surface area contributed by atoms with Crippen LogP contribution < -0.4 is 10.6 Å². The zero-order valence-electron chi connectivity index (χ0n) is 11.8. The number of aromatic nitrogens is 1. The standard InChI is InChI=1S/C17H17NO3/c1-21-17(20)15-5-3-2-4-13(15)11-18-9-8-12-10-14(19)6-7-16(12)18/h2-5,7-10,14,19H,6,11H2,1H3. The Morgan fingerprint density at radius 3 is 3.00 bits per heavy atom. The van der Waals surface area contributed by atoms with Gasteiger partial charge in [-0.05, 0) is 35.4 Å². The number of carbonyl (C=O) groups excluding carboxylic acids is 1. The molecule has 0 saturated carbocycles. The van der Waals surface area contributed by atoms with Gasteiger partial charge in [0.1, 0.15) is 0 Å². The fraction of sp³-hybridized carbons (Fsp3) is 0.235. The predicted molar refractivity (Wildman–Crippen MR) is 80.1 cm³/mol. The van der Waals surface area contributed by atoms with Crippen molar-refractivity contribution < 1.29 is 14.6 Å². The molecule has 1 aromatic carbocycles. The minimum Gasteiger partial charge on any atom is -0.465 e. The van der Waals surface area contributed by atoms with E-state index in [0.717, 1.165) is 16.1 Å². The number of nitrogens with zero attached hydrogens (tertiary/aromatic N) is 1. The first-order valence-corrected chi connectivity index (χ1v) is 6.90. The molecule has 0 amide bonds. The maximum Gasteiger partial charge on any atom is 0.338 e. The molecule has 4 nitrogen and oxygen atoms in total. The summed E-state index contributed by atoms with van der Waals surface area (Å²) >= 11 is 0. The summed E-state index contributed by atoms with van der Waals surface area (Å²) in [7, 11) is 1.39. The summed E-state index contributed by atoms with van der Waals surface area (Å²) in [6.07, 6.45) is 6.08. The molecule has 0 fully saturated rings. The van der Waals surface area contributed by atoms with Gasteiger partial charge in [-0.3, -0.25) is 0 Å². The van der Waals surface area contributed by atoms with E-state index in [4.69, 9.17) is 4.74 Å². The average Bonchev–Trinajstić information content (AvgIpc) is 2.89. The van der Waals surface area contributed by atoms with Gasteiger partial charge in [0.15, 0.2) is 0 Å². The van der Waals surface area contributed by atoms with E-state index in [1.807, 2.05) is 42.6 Å². The quantitative estimate of drug-likeness (QED) is 0.842. The minimum absolute atomic E-state index is 0.322. The zero-order valence-corrected chi connectivity index (χ0v) is 11.8. The number of hydrogen-bond acceptors (Lipinski definition) is 3. The van der Waals surface area contributed by atoms with Crippen LogP contribution in [0.2, 0.25) is 0 Å². The van der Waals surface area contributed by atoms with Crippen LogP contribution in [0.3, 0.4) is 0 Å². The fourth-order valence-electron chi connectivity index (χ4n) is 2.67. The van der Waals surface area contributed by atoms with Gasteiger partial charge in [-0.1, -0.05) is 24.3 Å². The lowest BCUT2D eigenvalue weighted by Gasteiger charge is -2.11. The Kier molecular flexibility index (Phi) is 3.62. The second-order valence-corrected chi connectivity index (χ2v) is 5.11. The Labute approximate surface area is 122 Å². The first-order valence-electron chi connectivity index (χ1n) is 6.90. The van der Waals surface area contributed by atoms with E-state index in [1.54, 1.807) is 6.07 Å². The van der Waals surface area contributed by atoms with Crippen molar-refractivity contribution in [3.05, 3.63) is 58.2 Å². The van der Waals surface area contributed by atoms with E-state index in [0.29, 0.717) is 18.5 Å². The third-order valence-electron chi connectivity index (χ3n) is 3.73. The van der Waals surface area contributed by atoms with Gasteiger partial charge in [-0.15, -0.1) is 0 Å². The summed E-state index contributed by atoms with van der Waals surface area (Å²) in [6, 6.07) is 9.43. The highest BCUT2D eigenvalue weighted by Crippen LogP contribution is 2.11. The molecule has 1 aromatic heterocycles. The van der Waals surface area contributed by atoms with Crippen LogP contribution in [0.25, 0.3) is 12.2 Å². The normalized spacial score (nSPS) is 16.6. The highest BCUT2D eigenvalue weighted by atomic mass is 16.5. The van der Waals surface area contributed by atoms with Gasteiger partial charge < -0.3 is 14.4 Å². The van der Waals surface area contributed by atoms with Crippen molar-refractivity contribution >= 4 is 18.1 Å². The average molecular weight is 283 g/mol. The number of benzene rings is 1. The summed E-state index contributed by atoms with van der Waals surface area (Å²) < 4.78 is 6.91. The van der Waals surface area contributed by atoms with Crippen molar-refractivity contribution in [3.8, 4) is 0 Å². The number of rotatable bonds is 3. The van der Waals surface area contributed by atoms with Gasteiger partial charge in [-0.25, -0.2) is 4.79 Å². The molecule has 0 aliphatic heterocycles. The Hall–Kier alpha value is -2.33. The summed E-state index contributed by atoms with van der Waals surface area (Å²) in [6.45, 7) is 0.598. The molecule has 1 heterocycles. The molecule has 1 atom stereocenters. The van der Waals surface area contributed by atoms with Gasteiger partial charge >= 0.3 is 5.97 Å². The molecule has 1 aliphatic carbocycles. The van der Waals surface area contributed by atoms with Crippen molar-refractivity contribution in [1.82, 2.24) is 4.57 Å². The Bertz CT molecular complexity index is 789. The third kappa shape index (κ3) is 2.62. The Balaban J connectivity index is 2.00. The van der Waals surface area contributed by atoms with Gasteiger partial charge in [-0.2, -0.15) is 0 Å². The van der Waals surface area contributed by atoms with Gasteiger partial charge in [0.05, 0.1) is 18.8 Å². The van der Waals surface area contributed by atoms with Crippen LogP contribution in [0, 0.1) is 0 Å². The maximum absolute atomic E-state index is 11.8. The molecule has 0 saturated heterocycles. The second kappa shape index (κ2) is 5.58. The van der Waals surface area contributed by atoms with E-state index in [1.165, 1.54) is 7.11 Å². The zero-order chi connectivity index (χ0) is 14.8. The van der Waals surface area contributed by atoms with Crippen LogP contribution in [-0.4, -0.2) is 28.9 Å². The van der Waals surface area contributed by atoms with Crippen molar-refractivity contribution in [3.63, 3.8) is 0 Å². The minimum atomic E-state index is -0.407. The number of ether oxygens (including phenoxy) is 1. The molecule has 1 aliphatic rings. The van der Waals surface area contributed by atoms with E-state index in [-0.39, 0.29) is 5.97 Å². The topological polar surface area (TPSA) is 51.5 Å². The van der Waals surface area contributed by atoms with E-state index in [2.05, 4.69) is 4.57 Å². The van der Waals surface area contributed by atoms with Crippen LogP contribution in [0.5, 0.6) is 0 Å². The molecular weight excluding hydrogens is 266 g/mol. The van der Waals surface area contributed by atoms with Crippen LogP contribution in [0.4, 0.5) is 0 Å². The van der Waals surface area contributed by atoms with Crippen molar-refractivity contribution in [1.29, 1.82) is 0 Å². The van der Waals surface area contributed by atoms with Gasteiger partial charge in [0.25, 0.3) is 0 Å². The molecule has 0 radical (unpaired) electrons. The third-order valence-corrected chi connectivity index (χ3v) is 3.73. The van der Waals surface area contributed by atoms with Crippen LogP contribution >= 0.6 is 0 Å². The highest BCUT2D eigenvalue weighted by Gasteiger charge is 2.12. The molecule has 3 rings (SSSR count). The number of hydrogen-bond donors (Lipinski definition) is 1. The monoisotopic (exact) mass is 283 g/mol. The molecule has 1 N–H and O–H groups in total. The van der Waals surface area contributed by atoms with E-state index >= 15 is 0 Å². The van der Waals surface area contributed by atoms with Gasteiger partial charge in [0, 0.05) is 18.1 Å². The predicted octanol–water partition coefficient (Wildman–Crippen LogP) is 0.649. The van der Waals surface area contributed by atoms with E-state index in [9.17, 15) is 9.90 Å². The smallest absolute Gasteiger partial charge is 0.338 e. The van der Waals surface area contributed by atoms with Crippen molar-refractivity contribution in [2.24, 2.45) is 0 Å². The molecule has 21 heavy (non-hydrogen) atoms. The first kappa shape index (κ1) is 13.6. The summed E-state index contributed by atoms with van der Waals surface area (Å²) in [4.78, 5) is 11.8. The molecular formula is C17H17NO3. The maximum atomic E-state index is 11.8. The lowest BCUT2D eigenvalue weighted by atomic mass is 10.1. The molecule has 0 spiro atoms. The number of fused-ring (bicyclic) bond motifs is 1. The molecule has 0 bridgehead atoms. The van der Waals surface area contributed by atoms with Crippen LogP contribution in [-0.2, 0) is 11.3 Å². The number of carbonyl (C=O) groups is 1. The SMILES string of the molecule is COC(=O)c1ccccc1Cn1ccc2c1=CCC(O)C=2. The van der Waals surface area contributed by atoms with E-state index < -0.39 is 6.10 Å². The molecule has 4 heteroatoms. The lowest BCUT2D eigenvalue weighted by molar-refractivity contribution is 0.0599. The largest absolute Gasteiger partial charge is 0.465 e. The molecule has 1 unspecified atom stereocenters. The number of aliphatic hydroxyl groups is 1. The molecule has 2 aromatic rings. The fourth-order valence-corrected chi connectivity index (χ4v) is 2.67. The number of methoxy groups -OCH3 is 1. The Morgan fingerprint density at radius 1 is 1.38 bits per heavy atom. The highest BCUT2D eigenvalue weighted by molar-refractivity contribution is 5.90. The van der Waals surface area contributed by atoms with Crippen LogP contribution in [0.1, 0.15) is 22.3 Å². The number of aliphatic hydroxyl groups excluding tert-OH is 1. The lowest BCUT2D eigenvalue weighted by Crippen LogP contribution is -2.34. The second-order valence-electron chi connectivity index (χ2n) is 5.11. The van der Waals surface area contributed by atoms with Crippen LogP contribution in [0.15, 0.2) is 36.5 Å². The van der Waals surface area contributed by atoms with Crippen molar-refractivity contribution in [2.45, 2.75) is 19.1 Å². The summed E-state index contributed by atoms with van der Waals surface area (Å²) in [5.41, 5.74) is 1.50.